The monoisotopic (exact) mass is 480 g/mol. The van der Waals surface area contributed by atoms with Gasteiger partial charge in [-0.15, -0.1) is 5.10 Å². The minimum Gasteiger partial charge on any atom is -0.497 e. The molecule has 0 radical (unpaired) electrons. The Morgan fingerprint density at radius 1 is 1.03 bits per heavy atom. The number of para-hydroxylation sites is 1. The molecule has 8 heteroatoms. The van der Waals surface area contributed by atoms with Gasteiger partial charge in [0.1, 0.15) is 11.8 Å². The highest BCUT2D eigenvalue weighted by molar-refractivity contribution is 6.06. The molecule has 0 bridgehead atoms. The molecule has 8 nitrogen and oxygen atoms in total. The molecule has 2 N–H and O–H groups in total. The molecule has 0 fully saturated rings. The summed E-state index contributed by atoms with van der Waals surface area (Å²) >= 11 is 0. The second-order valence-corrected chi connectivity index (χ2v) is 8.81. The van der Waals surface area contributed by atoms with E-state index in [0.29, 0.717) is 28.8 Å². The SMILES string of the molecule is COc1cccc(C2C(C(=O)Nc3ccccc3)=C(C)Nc3nc(-c4ccc(N(C)C)cc4)nn32)c1. The van der Waals surface area contributed by atoms with Gasteiger partial charge in [0.15, 0.2) is 5.82 Å². The first-order valence-corrected chi connectivity index (χ1v) is 11.7. The highest BCUT2D eigenvalue weighted by Crippen LogP contribution is 2.38. The molecular formula is C28H28N6O2. The van der Waals surface area contributed by atoms with Crippen molar-refractivity contribution < 1.29 is 9.53 Å². The molecule has 0 saturated carbocycles. The predicted molar refractivity (Wildman–Crippen MR) is 142 cm³/mol. The Labute approximate surface area is 210 Å². The minimum absolute atomic E-state index is 0.211. The molecule has 1 atom stereocenters. The second-order valence-electron chi connectivity index (χ2n) is 8.81. The first kappa shape index (κ1) is 23.2. The van der Waals surface area contributed by atoms with Gasteiger partial charge in [-0.3, -0.25) is 4.79 Å². The van der Waals surface area contributed by atoms with E-state index >= 15 is 0 Å². The molecule has 1 unspecified atom stereocenters. The standard InChI is InChI=1S/C28H28N6O2/c1-18-24(27(35)30-21-10-6-5-7-11-21)25(20-9-8-12-23(17-20)36-4)34-28(29-18)31-26(32-34)19-13-15-22(16-14-19)33(2)3/h5-17,25H,1-4H3,(H,30,35)(H,29,31,32). The number of hydrogen-bond acceptors (Lipinski definition) is 6. The zero-order valence-electron chi connectivity index (χ0n) is 20.7. The Morgan fingerprint density at radius 3 is 2.47 bits per heavy atom. The van der Waals surface area contributed by atoms with Crippen LogP contribution in [0.3, 0.4) is 0 Å². The van der Waals surface area contributed by atoms with Crippen LogP contribution in [0, 0.1) is 0 Å². The zero-order chi connectivity index (χ0) is 25.2. The number of nitrogens with zero attached hydrogens (tertiary/aromatic N) is 4. The highest BCUT2D eigenvalue weighted by Gasteiger charge is 2.34. The molecular weight excluding hydrogens is 452 g/mol. The minimum atomic E-state index is -0.498. The van der Waals surface area contributed by atoms with E-state index in [-0.39, 0.29) is 5.91 Å². The summed E-state index contributed by atoms with van der Waals surface area (Å²) in [5.41, 5.74) is 4.84. The van der Waals surface area contributed by atoms with E-state index in [4.69, 9.17) is 14.8 Å². The predicted octanol–water partition coefficient (Wildman–Crippen LogP) is 4.95. The Hall–Kier alpha value is -4.59. The van der Waals surface area contributed by atoms with Gasteiger partial charge in [0.05, 0.1) is 12.7 Å². The van der Waals surface area contributed by atoms with Gasteiger partial charge in [-0.1, -0.05) is 30.3 Å². The van der Waals surface area contributed by atoms with Crippen LogP contribution in [0.4, 0.5) is 17.3 Å². The number of carbonyl (C=O) groups excluding carboxylic acids is 1. The molecule has 1 aromatic heterocycles. The number of aromatic nitrogens is 3. The lowest BCUT2D eigenvalue weighted by Gasteiger charge is -2.28. The van der Waals surface area contributed by atoms with Gasteiger partial charge < -0.3 is 20.3 Å². The van der Waals surface area contributed by atoms with Gasteiger partial charge >= 0.3 is 0 Å². The van der Waals surface area contributed by atoms with E-state index in [2.05, 4.69) is 10.6 Å². The first-order chi connectivity index (χ1) is 17.4. The molecule has 1 aliphatic rings. The zero-order valence-corrected chi connectivity index (χ0v) is 20.7. The summed E-state index contributed by atoms with van der Waals surface area (Å²) in [6.07, 6.45) is 0. The third-order valence-corrected chi connectivity index (χ3v) is 6.18. The van der Waals surface area contributed by atoms with Crippen LogP contribution < -0.4 is 20.3 Å². The van der Waals surface area contributed by atoms with Crippen LogP contribution in [-0.2, 0) is 4.79 Å². The van der Waals surface area contributed by atoms with Crippen LogP contribution in [0.1, 0.15) is 18.5 Å². The van der Waals surface area contributed by atoms with Gasteiger partial charge in [0, 0.05) is 36.7 Å². The number of rotatable bonds is 6. The third-order valence-electron chi connectivity index (χ3n) is 6.18. The van der Waals surface area contributed by atoms with Crippen LogP contribution in [-0.4, -0.2) is 41.9 Å². The fraction of sp³-hybridized carbons (Fsp3) is 0.179. The number of ether oxygens (including phenoxy) is 1. The highest BCUT2D eigenvalue weighted by atomic mass is 16.5. The Kier molecular flexibility index (Phi) is 6.16. The van der Waals surface area contributed by atoms with Gasteiger partial charge in [-0.05, 0) is 61.0 Å². The lowest BCUT2D eigenvalue weighted by atomic mass is 9.95. The summed E-state index contributed by atoms with van der Waals surface area (Å²) < 4.78 is 7.25. The van der Waals surface area contributed by atoms with Crippen molar-refractivity contribution in [1.29, 1.82) is 0 Å². The van der Waals surface area contributed by atoms with E-state index < -0.39 is 6.04 Å². The number of carbonyl (C=O) groups is 1. The molecule has 0 spiro atoms. The molecule has 3 aromatic carbocycles. The molecule has 0 saturated heterocycles. The molecule has 2 heterocycles. The molecule has 1 aliphatic heterocycles. The van der Waals surface area contributed by atoms with Crippen molar-refractivity contribution >= 4 is 23.2 Å². The number of allylic oxidation sites excluding steroid dienone is 1. The van der Waals surface area contributed by atoms with Crippen molar-refractivity contribution in [3.05, 3.63) is 95.7 Å². The molecule has 0 aliphatic carbocycles. The topological polar surface area (TPSA) is 84.3 Å². The van der Waals surface area contributed by atoms with E-state index in [1.54, 1.807) is 11.8 Å². The van der Waals surface area contributed by atoms with Gasteiger partial charge in [0.2, 0.25) is 5.95 Å². The van der Waals surface area contributed by atoms with Crippen LogP contribution in [0.5, 0.6) is 5.75 Å². The maximum absolute atomic E-state index is 13.6. The fourth-order valence-corrected chi connectivity index (χ4v) is 4.32. The summed E-state index contributed by atoms with van der Waals surface area (Å²) in [5.74, 6) is 1.64. The maximum Gasteiger partial charge on any atom is 0.255 e. The van der Waals surface area contributed by atoms with Gasteiger partial charge in [-0.2, -0.15) is 4.98 Å². The van der Waals surface area contributed by atoms with E-state index in [9.17, 15) is 4.79 Å². The summed E-state index contributed by atoms with van der Waals surface area (Å²) in [6, 6.07) is 24.7. The quantitative estimate of drug-likeness (QED) is 0.406. The lowest BCUT2D eigenvalue weighted by molar-refractivity contribution is -0.113. The van der Waals surface area contributed by atoms with Crippen molar-refractivity contribution in [3.8, 4) is 17.1 Å². The summed E-state index contributed by atoms with van der Waals surface area (Å²) in [6.45, 7) is 1.89. The average molecular weight is 481 g/mol. The third kappa shape index (κ3) is 4.40. The van der Waals surface area contributed by atoms with Crippen molar-refractivity contribution in [1.82, 2.24) is 14.8 Å². The van der Waals surface area contributed by atoms with Crippen molar-refractivity contribution in [2.75, 3.05) is 36.7 Å². The van der Waals surface area contributed by atoms with E-state index in [1.807, 2.05) is 105 Å². The normalized spacial score (nSPS) is 14.6. The maximum atomic E-state index is 13.6. The van der Waals surface area contributed by atoms with Gasteiger partial charge in [0.25, 0.3) is 5.91 Å². The summed E-state index contributed by atoms with van der Waals surface area (Å²) in [4.78, 5) is 20.4. The Balaban J connectivity index is 1.59. The first-order valence-electron chi connectivity index (χ1n) is 11.7. The molecule has 1 amide bonds. The number of benzene rings is 3. The number of nitrogens with one attached hydrogen (secondary N) is 2. The largest absolute Gasteiger partial charge is 0.497 e. The van der Waals surface area contributed by atoms with Crippen molar-refractivity contribution in [2.45, 2.75) is 13.0 Å². The van der Waals surface area contributed by atoms with Crippen LogP contribution in [0.15, 0.2) is 90.1 Å². The summed E-state index contributed by atoms with van der Waals surface area (Å²) in [5, 5.41) is 11.2. The molecule has 5 rings (SSSR count). The van der Waals surface area contributed by atoms with Crippen LogP contribution in [0.25, 0.3) is 11.4 Å². The van der Waals surface area contributed by atoms with Crippen LogP contribution in [0.2, 0.25) is 0 Å². The number of fused-ring (bicyclic) bond motifs is 1. The Morgan fingerprint density at radius 2 is 1.78 bits per heavy atom. The molecule has 182 valence electrons. The number of anilines is 3. The number of amides is 1. The van der Waals surface area contributed by atoms with Crippen molar-refractivity contribution in [3.63, 3.8) is 0 Å². The second kappa shape index (κ2) is 9.58. The lowest BCUT2D eigenvalue weighted by Crippen LogP contribution is -2.31. The fourth-order valence-electron chi connectivity index (χ4n) is 4.32. The van der Waals surface area contributed by atoms with Gasteiger partial charge in [-0.25, -0.2) is 4.68 Å². The number of methoxy groups -OCH3 is 1. The molecule has 36 heavy (non-hydrogen) atoms. The van der Waals surface area contributed by atoms with Crippen LogP contribution >= 0.6 is 0 Å². The Bertz CT molecular complexity index is 1420. The van der Waals surface area contributed by atoms with E-state index in [0.717, 1.165) is 22.5 Å². The van der Waals surface area contributed by atoms with Crippen molar-refractivity contribution in [2.24, 2.45) is 0 Å². The average Bonchev–Trinajstić information content (AvgIpc) is 3.32. The molecule has 4 aromatic rings. The van der Waals surface area contributed by atoms with E-state index in [1.165, 1.54) is 0 Å². The number of hydrogen-bond donors (Lipinski definition) is 2. The smallest absolute Gasteiger partial charge is 0.255 e. The summed E-state index contributed by atoms with van der Waals surface area (Å²) in [7, 11) is 5.63.